The van der Waals surface area contributed by atoms with Gasteiger partial charge in [-0.15, -0.1) is 0 Å². The minimum absolute atomic E-state index is 0.0371. The van der Waals surface area contributed by atoms with Crippen LogP contribution < -0.4 is 4.72 Å². The van der Waals surface area contributed by atoms with E-state index in [1.54, 1.807) is 6.92 Å². The molecule has 0 aliphatic heterocycles. The summed E-state index contributed by atoms with van der Waals surface area (Å²) in [4.78, 5) is 10.0. The predicted octanol–water partition coefficient (Wildman–Crippen LogP) is 1.49. The van der Waals surface area contributed by atoms with Crippen molar-refractivity contribution in [1.82, 2.24) is 4.72 Å². The lowest BCUT2D eigenvalue weighted by molar-refractivity contribution is 0.0696. The van der Waals surface area contributed by atoms with Crippen LogP contribution in [0.2, 0.25) is 0 Å². The molecule has 1 rings (SSSR count). The van der Waals surface area contributed by atoms with Gasteiger partial charge in [0, 0.05) is 6.04 Å². The molecule has 1 unspecified atom stereocenters. The zero-order chi connectivity index (χ0) is 15.3. The molecule has 0 amide bonds. The van der Waals surface area contributed by atoms with Gasteiger partial charge in [0.2, 0.25) is 10.0 Å². The molecule has 0 aliphatic carbocycles. The Morgan fingerprint density at radius 3 is 2.65 bits per heavy atom. The van der Waals surface area contributed by atoms with Crippen molar-refractivity contribution in [3.63, 3.8) is 0 Å². The van der Waals surface area contributed by atoms with Crippen LogP contribution in [0.3, 0.4) is 0 Å². The molecule has 20 heavy (non-hydrogen) atoms. The van der Waals surface area contributed by atoms with E-state index in [1.165, 1.54) is 0 Å². The second-order valence-electron chi connectivity index (χ2n) is 4.04. The van der Waals surface area contributed by atoms with Crippen LogP contribution in [0.5, 0.6) is 0 Å². The quantitative estimate of drug-likeness (QED) is 0.827. The molecule has 0 saturated heterocycles. The molecular formula is C12H13FN2O4S. The summed E-state index contributed by atoms with van der Waals surface area (Å²) in [5, 5.41) is 17.3. The Bertz CT molecular complexity index is 652. The van der Waals surface area contributed by atoms with E-state index in [-0.39, 0.29) is 12.0 Å². The number of hydrogen-bond donors (Lipinski definition) is 2. The normalized spacial score (nSPS) is 12.7. The molecule has 2 N–H and O–H groups in total. The molecule has 0 fully saturated rings. The molecule has 1 aromatic carbocycles. The van der Waals surface area contributed by atoms with E-state index in [1.807, 2.05) is 6.07 Å². The Kier molecular flexibility index (Phi) is 5.19. The Morgan fingerprint density at radius 1 is 1.55 bits per heavy atom. The van der Waals surface area contributed by atoms with Crippen LogP contribution in [-0.4, -0.2) is 25.5 Å². The van der Waals surface area contributed by atoms with Gasteiger partial charge in [-0.1, -0.05) is 6.92 Å². The van der Waals surface area contributed by atoms with E-state index in [9.17, 15) is 17.6 Å². The first-order valence-corrected chi connectivity index (χ1v) is 7.22. The van der Waals surface area contributed by atoms with Crippen LogP contribution in [0.15, 0.2) is 23.1 Å². The van der Waals surface area contributed by atoms with E-state index in [2.05, 4.69) is 4.72 Å². The molecule has 0 radical (unpaired) electrons. The number of hydrogen-bond acceptors (Lipinski definition) is 4. The Labute approximate surface area is 115 Å². The van der Waals surface area contributed by atoms with Crippen LogP contribution in [0.4, 0.5) is 4.39 Å². The minimum Gasteiger partial charge on any atom is -0.478 e. The SMILES string of the molecule is CCC(CC#N)NS(=O)(=O)c1ccc(C(=O)O)cc1F. The van der Waals surface area contributed by atoms with Gasteiger partial charge in [-0.2, -0.15) is 5.26 Å². The molecule has 0 aromatic heterocycles. The maximum atomic E-state index is 13.7. The maximum Gasteiger partial charge on any atom is 0.335 e. The third-order valence-corrected chi connectivity index (χ3v) is 4.17. The molecule has 108 valence electrons. The number of carboxylic acid groups (broad SMARTS) is 1. The molecule has 1 atom stereocenters. The number of sulfonamides is 1. The number of halogens is 1. The van der Waals surface area contributed by atoms with Crippen molar-refractivity contribution < 1.29 is 22.7 Å². The molecule has 1 aromatic rings. The number of nitrogens with one attached hydrogen (secondary N) is 1. The second-order valence-corrected chi connectivity index (χ2v) is 5.72. The first-order chi connectivity index (χ1) is 9.31. The zero-order valence-electron chi connectivity index (χ0n) is 10.6. The van der Waals surface area contributed by atoms with Crippen LogP contribution in [0.25, 0.3) is 0 Å². The van der Waals surface area contributed by atoms with Gasteiger partial charge in [0.05, 0.1) is 18.1 Å². The summed E-state index contributed by atoms with van der Waals surface area (Å²) in [6.07, 6.45) is 0.339. The molecule has 8 heteroatoms. The van der Waals surface area contributed by atoms with Gasteiger partial charge in [0.1, 0.15) is 10.7 Å². The van der Waals surface area contributed by atoms with Crippen LogP contribution >= 0.6 is 0 Å². The van der Waals surface area contributed by atoms with Gasteiger partial charge in [-0.25, -0.2) is 22.3 Å². The lowest BCUT2D eigenvalue weighted by Gasteiger charge is -2.14. The van der Waals surface area contributed by atoms with Crippen LogP contribution in [0, 0.1) is 17.1 Å². The molecule has 0 spiro atoms. The fraction of sp³-hybridized carbons (Fsp3) is 0.333. The summed E-state index contributed by atoms with van der Waals surface area (Å²) in [6.45, 7) is 1.69. The van der Waals surface area contributed by atoms with Gasteiger partial charge in [0.25, 0.3) is 0 Å². The first kappa shape index (κ1) is 16.1. The lowest BCUT2D eigenvalue weighted by atomic mass is 10.2. The summed E-state index contributed by atoms with van der Waals surface area (Å²) in [7, 11) is -4.14. The highest BCUT2D eigenvalue weighted by atomic mass is 32.2. The van der Waals surface area contributed by atoms with Crippen molar-refractivity contribution in [3.05, 3.63) is 29.6 Å². The number of benzene rings is 1. The Balaban J connectivity index is 3.10. The monoisotopic (exact) mass is 300 g/mol. The molecule has 0 aliphatic rings. The highest BCUT2D eigenvalue weighted by molar-refractivity contribution is 7.89. The van der Waals surface area contributed by atoms with E-state index >= 15 is 0 Å². The summed E-state index contributed by atoms with van der Waals surface area (Å²) in [5.74, 6) is -2.50. The fourth-order valence-corrected chi connectivity index (χ4v) is 2.89. The fourth-order valence-electron chi connectivity index (χ4n) is 1.51. The van der Waals surface area contributed by atoms with Crippen molar-refractivity contribution in [3.8, 4) is 6.07 Å². The average Bonchev–Trinajstić information content (AvgIpc) is 2.37. The standard InChI is InChI=1S/C12H13FN2O4S/c1-2-9(5-6-14)15-20(18,19)11-4-3-8(12(16)17)7-10(11)13/h3-4,7,9,15H,2,5H2,1H3,(H,16,17). The van der Waals surface area contributed by atoms with Crippen molar-refractivity contribution in [2.45, 2.75) is 30.7 Å². The van der Waals surface area contributed by atoms with Gasteiger partial charge in [-0.05, 0) is 24.6 Å². The summed E-state index contributed by atoms with van der Waals surface area (Å²) >= 11 is 0. The first-order valence-electron chi connectivity index (χ1n) is 5.74. The van der Waals surface area contributed by atoms with Gasteiger partial charge < -0.3 is 5.11 Å². The predicted molar refractivity (Wildman–Crippen MR) is 68.0 cm³/mol. The Morgan fingerprint density at radius 2 is 2.20 bits per heavy atom. The van der Waals surface area contributed by atoms with Crippen LogP contribution in [0.1, 0.15) is 30.1 Å². The topological polar surface area (TPSA) is 107 Å². The average molecular weight is 300 g/mol. The smallest absolute Gasteiger partial charge is 0.335 e. The van der Waals surface area contributed by atoms with Gasteiger partial charge >= 0.3 is 5.97 Å². The highest BCUT2D eigenvalue weighted by Crippen LogP contribution is 2.17. The minimum atomic E-state index is -4.14. The van der Waals surface area contributed by atoms with Gasteiger partial charge in [-0.3, -0.25) is 0 Å². The Hall–Kier alpha value is -1.98. The number of aromatic carboxylic acids is 1. The number of nitriles is 1. The van der Waals surface area contributed by atoms with E-state index in [0.717, 1.165) is 12.1 Å². The molecule has 6 nitrogen and oxygen atoms in total. The number of rotatable bonds is 6. The highest BCUT2D eigenvalue weighted by Gasteiger charge is 2.23. The second kappa shape index (κ2) is 6.45. The third kappa shape index (κ3) is 3.76. The maximum absolute atomic E-state index is 13.7. The van der Waals surface area contributed by atoms with E-state index in [4.69, 9.17) is 10.4 Å². The van der Waals surface area contributed by atoms with E-state index < -0.39 is 32.7 Å². The molecule has 0 saturated carbocycles. The molecular weight excluding hydrogens is 287 g/mol. The summed E-state index contributed by atoms with van der Waals surface area (Å²) < 4.78 is 39.9. The summed E-state index contributed by atoms with van der Waals surface area (Å²) in [5.41, 5.74) is -0.342. The molecule has 0 bridgehead atoms. The van der Waals surface area contributed by atoms with Crippen molar-refractivity contribution in [1.29, 1.82) is 5.26 Å². The zero-order valence-corrected chi connectivity index (χ0v) is 11.4. The van der Waals surface area contributed by atoms with Crippen LogP contribution in [-0.2, 0) is 10.0 Å². The largest absolute Gasteiger partial charge is 0.478 e. The third-order valence-electron chi connectivity index (χ3n) is 2.62. The lowest BCUT2D eigenvalue weighted by Crippen LogP contribution is -2.34. The van der Waals surface area contributed by atoms with E-state index in [0.29, 0.717) is 12.5 Å². The van der Waals surface area contributed by atoms with Crippen molar-refractivity contribution in [2.75, 3.05) is 0 Å². The van der Waals surface area contributed by atoms with Crippen molar-refractivity contribution in [2.24, 2.45) is 0 Å². The summed E-state index contributed by atoms with van der Waals surface area (Å²) in [6, 6.07) is 3.75. The number of carbonyl (C=O) groups is 1. The molecule has 0 heterocycles. The van der Waals surface area contributed by atoms with Gasteiger partial charge in [0.15, 0.2) is 0 Å². The number of carboxylic acids is 1. The number of nitrogens with zero attached hydrogens (tertiary/aromatic N) is 1. The van der Waals surface area contributed by atoms with Crippen molar-refractivity contribution >= 4 is 16.0 Å².